The van der Waals surface area contributed by atoms with Crippen LogP contribution in [0, 0.1) is 12.0 Å². The number of carbonyl (C=O) groups is 5. The number of ketones is 4. The molecule has 24 heavy (non-hydrogen) atoms. The molecule has 0 aromatic rings. The highest BCUT2D eigenvalue weighted by Gasteiger charge is 2.18. The number of aliphatic hydroxyl groups is 1. The third kappa shape index (κ3) is 6.33. The van der Waals surface area contributed by atoms with Crippen LogP contribution in [0.2, 0.25) is 0 Å². The normalized spacial score (nSPS) is 12.4. The summed E-state index contributed by atoms with van der Waals surface area (Å²) < 4.78 is 6.96. The van der Waals surface area contributed by atoms with Crippen molar-refractivity contribution in [2.75, 3.05) is 12.4 Å². The van der Waals surface area contributed by atoms with Crippen LogP contribution in [0.15, 0.2) is 36.1 Å². The average Bonchev–Trinajstić information content (AvgIpc) is 2.59. The summed E-state index contributed by atoms with van der Waals surface area (Å²) in [6.45, 7) is -0.0468. The summed E-state index contributed by atoms with van der Waals surface area (Å²) in [5.41, 5.74) is 0.134. The Labute approximate surface area is 140 Å². The highest BCUT2D eigenvalue weighted by atomic mass is 32.2. The minimum Gasteiger partial charge on any atom is -0.496 e. The van der Waals surface area contributed by atoms with Gasteiger partial charge in [-0.25, -0.2) is 0 Å². The van der Waals surface area contributed by atoms with Crippen molar-refractivity contribution in [3.05, 3.63) is 36.1 Å². The predicted molar refractivity (Wildman–Crippen MR) is 82.7 cm³/mol. The van der Waals surface area contributed by atoms with E-state index in [1.807, 2.05) is 0 Å². The van der Waals surface area contributed by atoms with Crippen LogP contribution in [0.5, 0.6) is 0 Å². The van der Waals surface area contributed by atoms with Crippen molar-refractivity contribution in [2.45, 2.75) is 0 Å². The fraction of sp³-hybridized carbons (Fsp3) is 0.133. The van der Waals surface area contributed by atoms with Gasteiger partial charge in [-0.2, -0.15) is 0 Å². The lowest BCUT2D eigenvalue weighted by atomic mass is 10.1. The molecule has 9 heteroatoms. The van der Waals surface area contributed by atoms with Gasteiger partial charge in [0.1, 0.15) is 12.7 Å². The van der Waals surface area contributed by atoms with Crippen LogP contribution in [0.1, 0.15) is 0 Å². The minimum atomic E-state index is -1.00. The Morgan fingerprint density at radius 3 is 2.58 bits per heavy atom. The summed E-state index contributed by atoms with van der Waals surface area (Å²) in [7, 11) is 0. The summed E-state index contributed by atoms with van der Waals surface area (Å²) in [6.07, 6.45) is 7.01. The highest BCUT2D eigenvalue weighted by molar-refractivity contribution is 7.98. The topological polar surface area (TPSA) is 127 Å². The van der Waals surface area contributed by atoms with Gasteiger partial charge in [0.05, 0.1) is 12.0 Å². The van der Waals surface area contributed by atoms with Crippen molar-refractivity contribution >= 4 is 41.0 Å². The van der Waals surface area contributed by atoms with E-state index in [4.69, 9.17) is 9.84 Å². The molecule has 1 aliphatic rings. The summed E-state index contributed by atoms with van der Waals surface area (Å²) in [6, 6.07) is 0. The van der Waals surface area contributed by atoms with Crippen molar-refractivity contribution < 1.29 is 33.8 Å². The first-order valence-electron chi connectivity index (χ1n) is 6.33. The van der Waals surface area contributed by atoms with Gasteiger partial charge >= 0.3 is 5.91 Å². The Balaban J connectivity index is 2.47. The van der Waals surface area contributed by atoms with Gasteiger partial charge in [-0.3, -0.25) is 28.7 Å². The number of carbonyl (C=O) groups excluding carboxylic acids is 5. The molecule has 0 atom stereocenters. The molecule has 124 valence electrons. The Hall–Kier alpha value is -3.12. The molecule has 0 aliphatic carbocycles. The van der Waals surface area contributed by atoms with Gasteiger partial charge < -0.3 is 9.84 Å². The van der Waals surface area contributed by atoms with Crippen molar-refractivity contribution in [1.82, 2.24) is 4.72 Å². The first-order chi connectivity index (χ1) is 11.5. The van der Waals surface area contributed by atoms with Crippen LogP contribution in [-0.2, 0) is 28.7 Å². The van der Waals surface area contributed by atoms with Gasteiger partial charge in [0, 0.05) is 11.5 Å². The number of nitrogens with one attached hydrogen (secondary N) is 1. The Morgan fingerprint density at radius 2 is 1.96 bits per heavy atom. The lowest BCUT2D eigenvalue weighted by Gasteiger charge is -2.06. The number of aliphatic hydroxyl groups excluding tert-OH is 1. The first-order valence-corrected chi connectivity index (χ1v) is 7.32. The summed E-state index contributed by atoms with van der Waals surface area (Å²) >= 11 is 0.598. The Bertz CT molecular complexity index is 722. The van der Waals surface area contributed by atoms with Gasteiger partial charge in [-0.1, -0.05) is 0 Å². The van der Waals surface area contributed by atoms with Gasteiger partial charge in [-0.05, 0) is 36.3 Å². The zero-order valence-electron chi connectivity index (χ0n) is 12.1. The molecule has 0 spiro atoms. The molecule has 1 heterocycles. The molecule has 1 rings (SSSR count). The second-order valence-electron chi connectivity index (χ2n) is 4.10. The quantitative estimate of drug-likeness (QED) is 0.257. The van der Waals surface area contributed by atoms with E-state index in [1.165, 1.54) is 24.5 Å². The van der Waals surface area contributed by atoms with Crippen LogP contribution in [0.3, 0.4) is 0 Å². The zero-order valence-corrected chi connectivity index (χ0v) is 12.9. The molecular formula is C15H11NO7S. The van der Waals surface area contributed by atoms with Gasteiger partial charge in [0.25, 0.3) is 0 Å². The number of amides is 1. The lowest BCUT2D eigenvalue weighted by Crippen LogP contribution is -2.21. The molecule has 0 radical (unpaired) electrons. The third-order valence-electron chi connectivity index (χ3n) is 2.42. The molecule has 8 nitrogen and oxygen atoms in total. The maximum absolute atomic E-state index is 11.7. The molecule has 0 unspecified atom stereocenters. The molecule has 2 N–H and O–H groups in total. The number of rotatable bonds is 8. The molecule has 0 bridgehead atoms. The molecule has 0 aromatic carbocycles. The molecular weight excluding hydrogens is 338 g/mol. The third-order valence-corrected chi connectivity index (χ3v) is 3.16. The number of hydrogen-bond acceptors (Lipinski definition) is 8. The number of ether oxygens (including phenoxy) is 1. The number of hydrogen-bond donors (Lipinski definition) is 2. The fourth-order valence-corrected chi connectivity index (χ4v) is 1.86. The summed E-state index contributed by atoms with van der Waals surface area (Å²) in [4.78, 5) is 57.2. The van der Waals surface area contributed by atoms with E-state index in [0.717, 1.165) is 0 Å². The molecule has 1 aliphatic heterocycles. The maximum Gasteiger partial charge on any atom is 0.309 e. The van der Waals surface area contributed by atoms with E-state index in [-0.39, 0.29) is 12.2 Å². The van der Waals surface area contributed by atoms with Crippen molar-refractivity contribution in [3.8, 4) is 12.0 Å². The minimum absolute atomic E-state index is 0.0468. The smallest absolute Gasteiger partial charge is 0.309 e. The lowest BCUT2D eigenvalue weighted by molar-refractivity contribution is -0.132. The molecule has 0 saturated carbocycles. The van der Waals surface area contributed by atoms with Gasteiger partial charge in [-0.15, -0.1) is 0 Å². The van der Waals surface area contributed by atoms with Crippen molar-refractivity contribution in [2.24, 2.45) is 0 Å². The van der Waals surface area contributed by atoms with Crippen LogP contribution >= 0.6 is 11.9 Å². The fourth-order valence-electron chi connectivity index (χ4n) is 1.33. The Kier molecular flexibility index (Phi) is 7.73. The van der Waals surface area contributed by atoms with Crippen molar-refractivity contribution in [3.63, 3.8) is 0 Å². The summed E-state index contributed by atoms with van der Waals surface area (Å²) in [5, 5.41) is 8.16. The van der Waals surface area contributed by atoms with Gasteiger partial charge in [0.2, 0.25) is 23.1 Å². The molecule has 1 amide bonds. The highest BCUT2D eigenvalue weighted by Crippen LogP contribution is 2.05. The molecule has 0 saturated heterocycles. The van der Waals surface area contributed by atoms with E-state index >= 15 is 0 Å². The maximum atomic E-state index is 11.7. The van der Waals surface area contributed by atoms with E-state index in [1.54, 1.807) is 5.92 Å². The first kappa shape index (κ1) is 18.9. The van der Waals surface area contributed by atoms with Gasteiger partial charge in [0.15, 0.2) is 0 Å². The van der Waals surface area contributed by atoms with Crippen LogP contribution < -0.4 is 4.72 Å². The monoisotopic (exact) mass is 349 g/mol. The average molecular weight is 349 g/mol. The second-order valence-corrected chi connectivity index (χ2v) is 4.88. The SMILES string of the molecule is O=C(C#CO)NSCC(=O)C(=O)/C=C/C(=O)C(=O)C1=CC=COC1. The largest absolute Gasteiger partial charge is 0.496 e. The molecule has 0 aromatic heterocycles. The van der Waals surface area contributed by atoms with Crippen molar-refractivity contribution in [1.29, 1.82) is 0 Å². The summed E-state index contributed by atoms with van der Waals surface area (Å²) in [5.74, 6) is -3.16. The molecule has 0 fully saturated rings. The van der Waals surface area contributed by atoms with Crippen LogP contribution in [-0.4, -0.2) is 46.5 Å². The standard InChI is InChI=1S/C15H11NO7S/c17-6-5-14(21)16-24-9-13(20)11(18)3-4-12(19)15(22)10-2-1-7-23-8-10/h1-4,7,17H,8-9H2,(H,16,21)/b4-3+. The predicted octanol–water partition coefficient (Wildman–Crippen LogP) is -0.613. The van der Waals surface area contributed by atoms with E-state index in [9.17, 15) is 24.0 Å². The number of allylic oxidation sites excluding steroid dienone is 4. The van der Waals surface area contributed by atoms with E-state index in [2.05, 4.69) is 4.72 Å². The Morgan fingerprint density at radius 1 is 1.25 bits per heavy atom. The van der Waals surface area contributed by atoms with Crippen LogP contribution in [0.25, 0.3) is 0 Å². The van der Waals surface area contributed by atoms with E-state index in [0.29, 0.717) is 24.1 Å². The number of Topliss-reactive ketones (excluding diaryl/α,β-unsaturated/α-hetero) is 2. The van der Waals surface area contributed by atoms with E-state index < -0.39 is 34.8 Å². The zero-order chi connectivity index (χ0) is 17.9. The van der Waals surface area contributed by atoms with Crippen LogP contribution in [0.4, 0.5) is 0 Å². The second kappa shape index (κ2) is 9.81.